The van der Waals surface area contributed by atoms with Crippen molar-refractivity contribution in [3.8, 4) is 0 Å². The van der Waals surface area contributed by atoms with Gasteiger partial charge < -0.3 is 10.2 Å². The Morgan fingerprint density at radius 1 is 1.31 bits per heavy atom. The van der Waals surface area contributed by atoms with Crippen LogP contribution in [0.1, 0.15) is 24.5 Å². The molecule has 3 unspecified atom stereocenters. The molecule has 1 aliphatic rings. The Bertz CT molecular complexity index is 271. The van der Waals surface area contributed by atoms with Gasteiger partial charge in [0.2, 0.25) is 0 Å². The van der Waals surface area contributed by atoms with Gasteiger partial charge in [0.05, 0.1) is 12.2 Å². The zero-order valence-corrected chi connectivity index (χ0v) is 7.43. The number of aliphatic hydroxyl groups excluding tert-OH is 2. The molecule has 1 fully saturated rings. The minimum Gasteiger partial charge on any atom is -0.393 e. The maximum atomic E-state index is 9.74. The molecule has 2 nitrogen and oxygen atoms in total. The molecular formula is C11H14O2. The summed E-state index contributed by atoms with van der Waals surface area (Å²) in [5.41, 5.74) is 0.946. The Labute approximate surface area is 77.8 Å². The van der Waals surface area contributed by atoms with Crippen LogP contribution >= 0.6 is 0 Å². The molecule has 1 aliphatic carbocycles. The van der Waals surface area contributed by atoms with Crippen molar-refractivity contribution >= 4 is 0 Å². The van der Waals surface area contributed by atoms with E-state index in [1.807, 2.05) is 30.3 Å². The summed E-state index contributed by atoms with van der Waals surface area (Å²) in [6.07, 6.45) is 0.955. The van der Waals surface area contributed by atoms with Gasteiger partial charge in [0, 0.05) is 0 Å². The molecule has 1 aromatic rings. The van der Waals surface area contributed by atoms with Crippen molar-refractivity contribution in [3.05, 3.63) is 35.9 Å². The van der Waals surface area contributed by atoms with E-state index in [0.717, 1.165) is 12.0 Å². The topological polar surface area (TPSA) is 40.5 Å². The van der Waals surface area contributed by atoms with Crippen molar-refractivity contribution in [2.45, 2.75) is 25.0 Å². The van der Waals surface area contributed by atoms with Gasteiger partial charge in [0.1, 0.15) is 0 Å². The van der Waals surface area contributed by atoms with E-state index in [1.54, 1.807) is 0 Å². The van der Waals surface area contributed by atoms with E-state index in [2.05, 4.69) is 0 Å². The SMILES string of the molecule is OC(CC1CC1O)c1ccccc1. The lowest BCUT2D eigenvalue weighted by atomic mass is 10.0. The minimum atomic E-state index is -0.414. The first kappa shape index (κ1) is 8.73. The molecular weight excluding hydrogens is 164 g/mol. The highest BCUT2D eigenvalue weighted by Crippen LogP contribution is 2.37. The van der Waals surface area contributed by atoms with Crippen LogP contribution < -0.4 is 0 Å². The molecule has 0 aromatic heterocycles. The maximum Gasteiger partial charge on any atom is 0.0793 e. The molecule has 0 spiro atoms. The van der Waals surface area contributed by atoms with E-state index in [1.165, 1.54) is 0 Å². The van der Waals surface area contributed by atoms with Crippen LogP contribution in [0.2, 0.25) is 0 Å². The normalized spacial score (nSPS) is 28.5. The van der Waals surface area contributed by atoms with Gasteiger partial charge in [-0.15, -0.1) is 0 Å². The fourth-order valence-corrected chi connectivity index (χ4v) is 1.58. The lowest BCUT2D eigenvalue weighted by molar-refractivity contribution is 0.148. The number of aliphatic hydroxyl groups is 2. The summed E-state index contributed by atoms with van der Waals surface area (Å²) >= 11 is 0. The lowest BCUT2D eigenvalue weighted by Crippen LogP contribution is -1.99. The summed E-state index contributed by atoms with van der Waals surface area (Å²) < 4.78 is 0. The van der Waals surface area contributed by atoms with Crippen LogP contribution in [0.15, 0.2) is 30.3 Å². The number of rotatable bonds is 3. The van der Waals surface area contributed by atoms with Crippen LogP contribution in [0.4, 0.5) is 0 Å². The van der Waals surface area contributed by atoms with Gasteiger partial charge in [-0.1, -0.05) is 30.3 Å². The van der Waals surface area contributed by atoms with Crippen molar-refractivity contribution in [2.24, 2.45) is 5.92 Å². The van der Waals surface area contributed by atoms with Crippen molar-refractivity contribution < 1.29 is 10.2 Å². The number of hydrogen-bond donors (Lipinski definition) is 2. The van der Waals surface area contributed by atoms with E-state index in [0.29, 0.717) is 12.3 Å². The van der Waals surface area contributed by atoms with Crippen molar-refractivity contribution in [1.82, 2.24) is 0 Å². The van der Waals surface area contributed by atoms with Gasteiger partial charge in [-0.05, 0) is 24.3 Å². The fraction of sp³-hybridized carbons (Fsp3) is 0.455. The van der Waals surface area contributed by atoms with Crippen LogP contribution in [-0.4, -0.2) is 16.3 Å². The standard InChI is InChI=1S/C11H14O2/c12-10(6-9-7-11(9)13)8-4-2-1-3-5-8/h1-5,9-13H,6-7H2. The summed E-state index contributed by atoms with van der Waals surface area (Å²) in [6.45, 7) is 0. The van der Waals surface area contributed by atoms with Crippen LogP contribution in [0, 0.1) is 5.92 Å². The first-order valence-corrected chi connectivity index (χ1v) is 4.68. The van der Waals surface area contributed by atoms with Crippen LogP contribution in [0.3, 0.4) is 0 Å². The Morgan fingerprint density at radius 3 is 2.46 bits per heavy atom. The predicted molar refractivity (Wildman–Crippen MR) is 50.1 cm³/mol. The number of hydrogen-bond acceptors (Lipinski definition) is 2. The van der Waals surface area contributed by atoms with Gasteiger partial charge in [-0.2, -0.15) is 0 Å². The molecule has 13 heavy (non-hydrogen) atoms. The van der Waals surface area contributed by atoms with Crippen molar-refractivity contribution in [3.63, 3.8) is 0 Å². The second-order valence-corrected chi connectivity index (χ2v) is 3.73. The summed E-state index contributed by atoms with van der Waals surface area (Å²) in [7, 11) is 0. The van der Waals surface area contributed by atoms with Crippen LogP contribution in [0.5, 0.6) is 0 Å². The molecule has 1 aromatic carbocycles. The molecule has 1 saturated carbocycles. The quantitative estimate of drug-likeness (QED) is 0.736. The van der Waals surface area contributed by atoms with Gasteiger partial charge in [-0.3, -0.25) is 0 Å². The zero-order chi connectivity index (χ0) is 9.26. The van der Waals surface area contributed by atoms with Gasteiger partial charge in [0.25, 0.3) is 0 Å². The Morgan fingerprint density at radius 2 is 1.92 bits per heavy atom. The Balaban J connectivity index is 1.94. The minimum absolute atomic E-state index is 0.168. The largest absolute Gasteiger partial charge is 0.393 e. The summed E-state index contributed by atoms with van der Waals surface area (Å²) in [5.74, 6) is 0.315. The van der Waals surface area contributed by atoms with E-state index in [-0.39, 0.29) is 6.10 Å². The maximum absolute atomic E-state index is 9.74. The first-order chi connectivity index (χ1) is 6.27. The lowest BCUT2D eigenvalue weighted by Gasteiger charge is -2.09. The monoisotopic (exact) mass is 178 g/mol. The van der Waals surface area contributed by atoms with E-state index >= 15 is 0 Å². The molecule has 2 heteroatoms. The molecule has 2 rings (SSSR count). The molecule has 0 amide bonds. The summed E-state index contributed by atoms with van der Waals surface area (Å²) in [4.78, 5) is 0. The van der Waals surface area contributed by atoms with E-state index < -0.39 is 6.10 Å². The highest BCUT2D eigenvalue weighted by atomic mass is 16.3. The third kappa shape index (κ3) is 2.08. The average Bonchev–Trinajstić information content (AvgIpc) is 2.83. The van der Waals surface area contributed by atoms with Crippen molar-refractivity contribution in [1.29, 1.82) is 0 Å². The summed E-state index contributed by atoms with van der Waals surface area (Å²) in [6, 6.07) is 9.60. The second kappa shape index (κ2) is 3.48. The summed E-state index contributed by atoms with van der Waals surface area (Å²) in [5, 5.41) is 18.8. The molecule has 0 bridgehead atoms. The molecule has 70 valence electrons. The van der Waals surface area contributed by atoms with E-state index in [9.17, 15) is 5.11 Å². The predicted octanol–water partition coefficient (Wildman–Crippen LogP) is 1.49. The van der Waals surface area contributed by atoms with Gasteiger partial charge >= 0.3 is 0 Å². The third-order valence-corrected chi connectivity index (χ3v) is 2.60. The fourth-order valence-electron chi connectivity index (χ4n) is 1.58. The molecule has 3 atom stereocenters. The highest BCUT2D eigenvalue weighted by molar-refractivity contribution is 5.17. The Hall–Kier alpha value is -0.860. The zero-order valence-electron chi connectivity index (χ0n) is 7.43. The molecule has 0 aliphatic heterocycles. The number of benzene rings is 1. The van der Waals surface area contributed by atoms with Gasteiger partial charge in [0.15, 0.2) is 0 Å². The molecule has 2 N–H and O–H groups in total. The van der Waals surface area contributed by atoms with Crippen LogP contribution in [0.25, 0.3) is 0 Å². The average molecular weight is 178 g/mol. The molecule has 0 heterocycles. The second-order valence-electron chi connectivity index (χ2n) is 3.73. The van der Waals surface area contributed by atoms with E-state index in [4.69, 9.17) is 5.11 Å². The molecule has 0 radical (unpaired) electrons. The van der Waals surface area contributed by atoms with Crippen LogP contribution in [-0.2, 0) is 0 Å². The highest BCUT2D eigenvalue weighted by Gasteiger charge is 2.36. The first-order valence-electron chi connectivity index (χ1n) is 4.68. The van der Waals surface area contributed by atoms with Gasteiger partial charge in [-0.25, -0.2) is 0 Å². The Kier molecular flexibility index (Phi) is 2.34. The van der Waals surface area contributed by atoms with Crippen molar-refractivity contribution in [2.75, 3.05) is 0 Å². The molecule has 0 saturated heterocycles. The smallest absolute Gasteiger partial charge is 0.0793 e. The third-order valence-electron chi connectivity index (χ3n) is 2.60.